The zero-order chi connectivity index (χ0) is 11.4. The van der Waals surface area contributed by atoms with Crippen molar-refractivity contribution >= 4 is 18.3 Å². The average molecular weight is 249 g/mol. The monoisotopic (exact) mass is 248 g/mol. The number of hydrogen-bond acceptors (Lipinski definition) is 2. The van der Waals surface area contributed by atoms with Crippen molar-refractivity contribution in [1.82, 2.24) is 5.32 Å². The molecule has 1 rings (SSSR count). The number of nitrogens with two attached hydrogens (primary N) is 1. The maximum atomic E-state index is 11.5. The van der Waals surface area contributed by atoms with Crippen LogP contribution in [0.3, 0.4) is 0 Å². The van der Waals surface area contributed by atoms with Crippen LogP contribution in [0.15, 0.2) is 0 Å². The number of halogens is 1. The number of nitrogens with one attached hydrogen (secondary N) is 1. The topological polar surface area (TPSA) is 55.1 Å². The molecule has 0 aromatic rings. The van der Waals surface area contributed by atoms with Crippen molar-refractivity contribution in [1.29, 1.82) is 0 Å². The maximum Gasteiger partial charge on any atom is 0.220 e. The molecule has 1 fully saturated rings. The van der Waals surface area contributed by atoms with Crippen molar-refractivity contribution in [2.45, 2.75) is 46.1 Å². The molecule has 0 aromatic heterocycles. The molecule has 0 heterocycles. The summed E-state index contributed by atoms with van der Waals surface area (Å²) in [5.41, 5.74) is 5.90. The van der Waals surface area contributed by atoms with Crippen LogP contribution in [0.5, 0.6) is 0 Å². The highest BCUT2D eigenvalue weighted by Crippen LogP contribution is 2.31. The first kappa shape index (κ1) is 15.7. The molecule has 0 aromatic carbocycles. The number of carbonyl (C=O) groups is 1. The highest BCUT2D eigenvalue weighted by atomic mass is 35.5. The second-order valence-corrected chi connectivity index (χ2v) is 5.23. The van der Waals surface area contributed by atoms with E-state index in [-0.39, 0.29) is 24.4 Å². The summed E-state index contributed by atoms with van der Waals surface area (Å²) in [7, 11) is 0. The van der Waals surface area contributed by atoms with Crippen molar-refractivity contribution in [2.75, 3.05) is 6.54 Å². The molecule has 0 aliphatic heterocycles. The van der Waals surface area contributed by atoms with Crippen LogP contribution < -0.4 is 11.1 Å². The maximum absolute atomic E-state index is 11.5. The fourth-order valence-corrected chi connectivity index (χ4v) is 1.52. The van der Waals surface area contributed by atoms with E-state index in [1.54, 1.807) is 0 Å². The lowest BCUT2D eigenvalue weighted by molar-refractivity contribution is -0.122. The molecule has 1 amide bonds. The molecule has 3 nitrogen and oxygen atoms in total. The third-order valence-electron chi connectivity index (χ3n) is 3.41. The minimum atomic E-state index is 0. The van der Waals surface area contributed by atoms with Crippen molar-refractivity contribution in [3.63, 3.8) is 0 Å². The van der Waals surface area contributed by atoms with E-state index >= 15 is 0 Å². The van der Waals surface area contributed by atoms with Gasteiger partial charge in [-0.25, -0.2) is 0 Å². The van der Waals surface area contributed by atoms with Crippen LogP contribution in [-0.2, 0) is 4.79 Å². The van der Waals surface area contributed by atoms with Gasteiger partial charge in [-0.2, -0.15) is 0 Å². The van der Waals surface area contributed by atoms with Gasteiger partial charge in [-0.1, -0.05) is 20.8 Å². The fourth-order valence-electron chi connectivity index (χ4n) is 1.52. The minimum absolute atomic E-state index is 0. The van der Waals surface area contributed by atoms with Crippen LogP contribution in [0.4, 0.5) is 0 Å². The van der Waals surface area contributed by atoms with Gasteiger partial charge in [-0.05, 0) is 30.6 Å². The third-order valence-corrected chi connectivity index (χ3v) is 3.41. The first-order valence-electron chi connectivity index (χ1n) is 6.03. The van der Waals surface area contributed by atoms with Crippen LogP contribution in [-0.4, -0.2) is 18.5 Å². The lowest BCUT2D eigenvalue weighted by Crippen LogP contribution is -2.39. The Kier molecular flexibility index (Phi) is 7.00. The van der Waals surface area contributed by atoms with Crippen LogP contribution in [0.25, 0.3) is 0 Å². The largest absolute Gasteiger partial charge is 0.355 e. The summed E-state index contributed by atoms with van der Waals surface area (Å²) in [5, 5.41) is 2.93. The Labute approximate surface area is 105 Å². The molecule has 0 bridgehead atoms. The summed E-state index contributed by atoms with van der Waals surface area (Å²) >= 11 is 0. The first-order valence-corrected chi connectivity index (χ1v) is 6.03. The average Bonchev–Trinajstić information content (AvgIpc) is 2.96. The number of rotatable bonds is 6. The van der Waals surface area contributed by atoms with E-state index in [2.05, 4.69) is 26.1 Å². The van der Waals surface area contributed by atoms with E-state index in [9.17, 15) is 4.79 Å². The Bertz CT molecular complexity index is 217. The predicted molar refractivity (Wildman–Crippen MR) is 69.6 cm³/mol. The summed E-state index contributed by atoms with van der Waals surface area (Å²) in [5.74, 6) is 1.81. The molecule has 0 saturated heterocycles. The summed E-state index contributed by atoms with van der Waals surface area (Å²) < 4.78 is 0. The van der Waals surface area contributed by atoms with Gasteiger partial charge in [0, 0.05) is 19.0 Å². The lowest BCUT2D eigenvalue weighted by atomic mass is 9.94. The van der Waals surface area contributed by atoms with E-state index in [4.69, 9.17) is 5.73 Å². The molecular formula is C12H25ClN2O. The molecule has 0 spiro atoms. The minimum Gasteiger partial charge on any atom is -0.355 e. The molecular weight excluding hydrogens is 224 g/mol. The van der Waals surface area contributed by atoms with E-state index in [0.717, 1.165) is 0 Å². The molecule has 4 heteroatoms. The molecule has 1 aliphatic rings. The Hall–Kier alpha value is -0.280. The summed E-state index contributed by atoms with van der Waals surface area (Å²) in [6, 6.07) is 0.170. The van der Waals surface area contributed by atoms with E-state index in [1.165, 1.54) is 12.8 Å². The van der Waals surface area contributed by atoms with Gasteiger partial charge >= 0.3 is 0 Å². The van der Waals surface area contributed by atoms with Gasteiger partial charge in [-0.15, -0.1) is 12.4 Å². The molecule has 3 N–H and O–H groups in total. The van der Waals surface area contributed by atoms with Gasteiger partial charge < -0.3 is 11.1 Å². The SMILES string of the molecule is CC(C)C(C)CC(=O)NCC(N)C1CC1.Cl. The Morgan fingerprint density at radius 3 is 2.38 bits per heavy atom. The summed E-state index contributed by atoms with van der Waals surface area (Å²) in [6.45, 7) is 7.06. The molecule has 1 saturated carbocycles. The molecule has 0 radical (unpaired) electrons. The van der Waals surface area contributed by atoms with Gasteiger partial charge in [0.25, 0.3) is 0 Å². The van der Waals surface area contributed by atoms with Crippen LogP contribution in [0.1, 0.15) is 40.0 Å². The third kappa shape index (κ3) is 5.71. The van der Waals surface area contributed by atoms with Gasteiger partial charge in [0.15, 0.2) is 0 Å². The van der Waals surface area contributed by atoms with Crippen molar-refractivity contribution in [3.05, 3.63) is 0 Å². The Balaban J connectivity index is 0.00000225. The second kappa shape index (κ2) is 7.13. The van der Waals surface area contributed by atoms with Crippen molar-refractivity contribution in [2.24, 2.45) is 23.5 Å². The zero-order valence-corrected chi connectivity index (χ0v) is 11.3. The molecule has 1 aliphatic carbocycles. The van der Waals surface area contributed by atoms with E-state index in [1.807, 2.05) is 0 Å². The van der Waals surface area contributed by atoms with Crippen molar-refractivity contribution in [3.8, 4) is 0 Å². The lowest BCUT2D eigenvalue weighted by Gasteiger charge is -2.16. The van der Waals surface area contributed by atoms with Gasteiger partial charge in [0.05, 0.1) is 0 Å². The number of hydrogen-bond donors (Lipinski definition) is 2. The number of amides is 1. The zero-order valence-electron chi connectivity index (χ0n) is 10.5. The highest BCUT2D eigenvalue weighted by Gasteiger charge is 2.28. The fraction of sp³-hybridized carbons (Fsp3) is 0.917. The molecule has 96 valence electrons. The van der Waals surface area contributed by atoms with Crippen LogP contribution in [0, 0.1) is 17.8 Å². The highest BCUT2D eigenvalue weighted by molar-refractivity contribution is 5.85. The van der Waals surface area contributed by atoms with Crippen LogP contribution in [0.2, 0.25) is 0 Å². The summed E-state index contributed by atoms with van der Waals surface area (Å²) in [4.78, 5) is 11.5. The quantitative estimate of drug-likeness (QED) is 0.755. The standard InChI is InChI=1S/C12H24N2O.ClH/c1-8(2)9(3)6-12(15)14-7-11(13)10-4-5-10;/h8-11H,4-7,13H2,1-3H3,(H,14,15);1H. The van der Waals surface area contributed by atoms with Gasteiger partial charge in [0.1, 0.15) is 0 Å². The van der Waals surface area contributed by atoms with E-state index in [0.29, 0.717) is 30.7 Å². The summed E-state index contributed by atoms with van der Waals surface area (Å²) in [6.07, 6.45) is 3.09. The van der Waals surface area contributed by atoms with E-state index < -0.39 is 0 Å². The van der Waals surface area contributed by atoms with Gasteiger partial charge in [-0.3, -0.25) is 4.79 Å². The van der Waals surface area contributed by atoms with Gasteiger partial charge in [0.2, 0.25) is 5.91 Å². The number of carbonyl (C=O) groups excluding carboxylic acids is 1. The first-order chi connectivity index (χ1) is 7.00. The molecule has 2 atom stereocenters. The Morgan fingerprint density at radius 2 is 1.94 bits per heavy atom. The molecule has 16 heavy (non-hydrogen) atoms. The predicted octanol–water partition coefficient (Wildman–Crippen LogP) is 1.94. The smallest absolute Gasteiger partial charge is 0.220 e. The van der Waals surface area contributed by atoms with Crippen molar-refractivity contribution < 1.29 is 4.79 Å². The van der Waals surface area contributed by atoms with Crippen LogP contribution >= 0.6 is 12.4 Å². The Morgan fingerprint density at radius 1 is 1.38 bits per heavy atom. The molecule has 2 unspecified atom stereocenters. The second-order valence-electron chi connectivity index (χ2n) is 5.23. The normalized spacial score (nSPS) is 18.8.